The summed E-state index contributed by atoms with van der Waals surface area (Å²) in [5, 5.41) is 21.7. The fraction of sp³-hybridized carbons (Fsp3) is 0.875. The Morgan fingerprint density at radius 2 is 1.75 bits per heavy atom. The molecule has 8 heteroatoms. The van der Waals surface area contributed by atoms with E-state index < -0.39 is 43.9 Å². The first-order chi connectivity index (χ1) is 7.22. The van der Waals surface area contributed by atoms with E-state index in [1.807, 2.05) is 5.32 Å². The number of carbonyl (C=O) groups is 1. The number of hydrogen-bond acceptors (Lipinski definition) is 4. The van der Waals surface area contributed by atoms with E-state index in [1.54, 1.807) is 0 Å². The number of aliphatic hydroxyl groups excluding tert-OH is 2. The van der Waals surface area contributed by atoms with Gasteiger partial charge in [-0.15, -0.1) is 0 Å². The molecule has 4 N–H and O–H groups in total. The Morgan fingerprint density at radius 3 is 2.12 bits per heavy atom. The smallest absolute Gasteiger partial charge is 0.394 e. The van der Waals surface area contributed by atoms with Crippen LogP contribution in [-0.4, -0.2) is 54.1 Å². The van der Waals surface area contributed by atoms with Gasteiger partial charge in [-0.05, 0) is 6.92 Å². The minimum atomic E-state index is -4.38. The van der Waals surface area contributed by atoms with Gasteiger partial charge in [-0.2, -0.15) is 13.2 Å². The summed E-state index contributed by atoms with van der Waals surface area (Å²) < 4.78 is 35.1. The van der Waals surface area contributed by atoms with Crippen molar-refractivity contribution in [3.05, 3.63) is 0 Å². The molecule has 0 aromatic heterocycles. The van der Waals surface area contributed by atoms with Gasteiger partial charge < -0.3 is 20.8 Å². The van der Waals surface area contributed by atoms with E-state index in [-0.39, 0.29) is 0 Å². The minimum Gasteiger partial charge on any atom is -0.394 e. The van der Waals surface area contributed by atoms with Crippen LogP contribution in [0.5, 0.6) is 0 Å². The summed E-state index contributed by atoms with van der Waals surface area (Å²) >= 11 is 0. The predicted octanol–water partition coefficient (Wildman–Crippen LogP) is -1.00. The zero-order valence-electron chi connectivity index (χ0n) is 8.76. The number of carbonyl (C=O) groups excluding carboxylic acids is 1. The van der Waals surface area contributed by atoms with Crippen LogP contribution >= 0.6 is 0 Å². The molecule has 0 radical (unpaired) electrons. The van der Waals surface area contributed by atoms with Crippen molar-refractivity contribution in [2.24, 2.45) is 0 Å². The van der Waals surface area contributed by atoms with Crippen LogP contribution in [0.15, 0.2) is 0 Å². The average molecular weight is 244 g/mol. The molecule has 0 aliphatic carbocycles. The van der Waals surface area contributed by atoms with Crippen LogP contribution in [0.1, 0.15) is 6.92 Å². The predicted molar refractivity (Wildman–Crippen MR) is 49.6 cm³/mol. The largest absolute Gasteiger partial charge is 0.401 e. The second-order valence-electron chi connectivity index (χ2n) is 3.64. The first-order valence-electron chi connectivity index (χ1n) is 4.52. The van der Waals surface area contributed by atoms with E-state index in [1.165, 1.54) is 6.92 Å². The van der Waals surface area contributed by atoms with E-state index in [0.717, 1.165) is 0 Å². The van der Waals surface area contributed by atoms with Gasteiger partial charge in [0.05, 0.1) is 31.8 Å². The minimum absolute atomic E-state index is 0.505. The molecule has 0 bridgehead atoms. The molecule has 0 heterocycles. The Hall–Kier alpha value is -0.860. The highest BCUT2D eigenvalue weighted by atomic mass is 19.4. The molecule has 0 spiro atoms. The molecule has 0 unspecified atom stereocenters. The van der Waals surface area contributed by atoms with E-state index in [0.29, 0.717) is 0 Å². The molecule has 0 rings (SSSR count). The molecule has 16 heavy (non-hydrogen) atoms. The van der Waals surface area contributed by atoms with Gasteiger partial charge in [0.1, 0.15) is 0 Å². The van der Waals surface area contributed by atoms with Crippen molar-refractivity contribution >= 4 is 5.91 Å². The van der Waals surface area contributed by atoms with Crippen molar-refractivity contribution in [1.82, 2.24) is 10.6 Å². The lowest BCUT2D eigenvalue weighted by Gasteiger charge is -2.26. The van der Waals surface area contributed by atoms with Gasteiger partial charge >= 0.3 is 6.18 Å². The van der Waals surface area contributed by atoms with Crippen molar-refractivity contribution in [2.45, 2.75) is 18.6 Å². The van der Waals surface area contributed by atoms with Crippen molar-refractivity contribution in [2.75, 3.05) is 26.3 Å². The maximum absolute atomic E-state index is 11.7. The monoisotopic (exact) mass is 244 g/mol. The fourth-order valence-corrected chi connectivity index (χ4v) is 0.828. The quantitative estimate of drug-likeness (QED) is 0.483. The van der Waals surface area contributed by atoms with Crippen molar-refractivity contribution in [1.29, 1.82) is 0 Å². The molecular formula is C8H15F3N2O3. The van der Waals surface area contributed by atoms with Crippen LogP contribution in [0.4, 0.5) is 13.2 Å². The molecule has 0 saturated carbocycles. The highest BCUT2D eigenvalue weighted by molar-refractivity contribution is 5.78. The van der Waals surface area contributed by atoms with E-state index in [9.17, 15) is 18.0 Å². The third-order valence-electron chi connectivity index (χ3n) is 1.75. The molecule has 0 aliphatic rings. The number of rotatable bonds is 6. The first-order valence-corrected chi connectivity index (χ1v) is 4.52. The maximum atomic E-state index is 11.7. The zero-order valence-corrected chi connectivity index (χ0v) is 8.76. The molecule has 0 atom stereocenters. The van der Waals surface area contributed by atoms with Gasteiger partial charge in [0.2, 0.25) is 5.91 Å². The van der Waals surface area contributed by atoms with Crippen molar-refractivity contribution in [3.63, 3.8) is 0 Å². The SMILES string of the molecule is CC(CO)(CO)NC(=O)CNCC(F)(F)F. The first kappa shape index (κ1) is 15.1. The lowest BCUT2D eigenvalue weighted by Crippen LogP contribution is -2.54. The number of amides is 1. The van der Waals surface area contributed by atoms with Gasteiger partial charge in [0.25, 0.3) is 0 Å². The molecule has 0 aliphatic heterocycles. The Kier molecular flexibility index (Phi) is 5.70. The topological polar surface area (TPSA) is 81.6 Å². The standard InChI is InChI=1S/C8H15F3N2O3/c1-7(4-14,5-15)13-6(16)2-12-3-8(9,10)11/h12,14-15H,2-5H2,1H3,(H,13,16). The Labute approximate surface area is 90.6 Å². The third-order valence-corrected chi connectivity index (χ3v) is 1.75. The van der Waals surface area contributed by atoms with Crippen LogP contribution in [0, 0.1) is 0 Å². The normalized spacial score (nSPS) is 12.6. The average Bonchev–Trinajstić information content (AvgIpc) is 2.15. The lowest BCUT2D eigenvalue weighted by atomic mass is 10.1. The van der Waals surface area contributed by atoms with Crippen molar-refractivity contribution in [3.8, 4) is 0 Å². The summed E-state index contributed by atoms with van der Waals surface area (Å²) in [6.45, 7) is -1.44. The van der Waals surface area contributed by atoms with Crippen LogP contribution in [-0.2, 0) is 4.79 Å². The van der Waals surface area contributed by atoms with Crippen LogP contribution < -0.4 is 10.6 Å². The molecule has 0 aromatic rings. The van der Waals surface area contributed by atoms with E-state index >= 15 is 0 Å². The van der Waals surface area contributed by atoms with Gasteiger partial charge in [-0.3, -0.25) is 4.79 Å². The maximum Gasteiger partial charge on any atom is 0.401 e. The number of aliphatic hydroxyl groups is 2. The molecule has 5 nitrogen and oxygen atoms in total. The number of hydrogen-bond donors (Lipinski definition) is 4. The highest BCUT2D eigenvalue weighted by Crippen LogP contribution is 2.11. The Morgan fingerprint density at radius 1 is 1.25 bits per heavy atom. The van der Waals surface area contributed by atoms with Gasteiger partial charge in [0.15, 0.2) is 0 Å². The summed E-state index contributed by atoms with van der Waals surface area (Å²) in [6.07, 6.45) is -4.38. The number of alkyl halides is 3. The number of halogens is 3. The second-order valence-corrected chi connectivity index (χ2v) is 3.64. The Bertz CT molecular complexity index is 229. The number of nitrogens with one attached hydrogen (secondary N) is 2. The van der Waals surface area contributed by atoms with Crippen LogP contribution in [0.3, 0.4) is 0 Å². The molecule has 0 saturated heterocycles. The summed E-state index contributed by atoms with van der Waals surface area (Å²) in [4.78, 5) is 11.1. The molecular weight excluding hydrogens is 229 g/mol. The molecule has 0 fully saturated rings. The second kappa shape index (κ2) is 6.02. The molecule has 1 amide bonds. The van der Waals surface area contributed by atoms with Crippen molar-refractivity contribution < 1.29 is 28.2 Å². The van der Waals surface area contributed by atoms with Crippen LogP contribution in [0.25, 0.3) is 0 Å². The lowest BCUT2D eigenvalue weighted by molar-refractivity contribution is -0.129. The van der Waals surface area contributed by atoms with E-state index in [4.69, 9.17) is 10.2 Å². The zero-order chi connectivity index (χ0) is 12.8. The third kappa shape index (κ3) is 6.59. The Balaban J connectivity index is 3.91. The van der Waals surface area contributed by atoms with Gasteiger partial charge in [-0.1, -0.05) is 0 Å². The highest BCUT2D eigenvalue weighted by Gasteiger charge is 2.28. The van der Waals surface area contributed by atoms with Gasteiger partial charge in [0, 0.05) is 0 Å². The fourth-order valence-electron chi connectivity index (χ4n) is 0.828. The van der Waals surface area contributed by atoms with Crippen LogP contribution in [0.2, 0.25) is 0 Å². The summed E-state index contributed by atoms with van der Waals surface area (Å²) in [5.41, 5.74) is -1.23. The molecule has 0 aromatic carbocycles. The summed E-state index contributed by atoms with van der Waals surface area (Å²) in [7, 11) is 0. The summed E-state index contributed by atoms with van der Waals surface area (Å²) in [6, 6.07) is 0. The van der Waals surface area contributed by atoms with Gasteiger partial charge in [-0.25, -0.2) is 0 Å². The summed E-state index contributed by atoms with van der Waals surface area (Å²) in [5.74, 6) is -0.727. The van der Waals surface area contributed by atoms with E-state index in [2.05, 4.69) is 5.32 Å². The molecule has 96 valence electrons.